The highest BCUT2D eigenvalue weighted by molar-refractivity contribution is 5.12. The van der Waals surface area contributed by atoms with Crippen molar-refractivity contribution in [2.45, 2.75) is 72.6 Å². The first-order chi connectivity index (χ1) is 8.93. The van der Waals surface area contributed by atoms with Gasteiger partial charge in [0.05, 0.1) is 0 Å². The van der Waals surface area contributed by atoms with Gasteiger partial charge in [0.1, 0.15) is 0 Å². The molecule has 0 heteroatoms. The van der Waals surface area contributed by atoms with Crippen molar-refractivity contribution in [3.05, 3.63) is 0 Å². The highest BCUT2D eigenvalue weighted by Gasteiger charge is 2.63. The maximum absolute atomic E-state index is 2.65. The van der Waals surface area contributed by atoms with E-state index in [-0.39, 0.29) is 0 Å². The molecule has 7 atom stereocenters. The van der Waals surface area contributed by atoms with Crippen LogP contribution in [0.3, 0.4) is 0 Å². The molecule has 0 N–H and O–H groups in total. The number of hydrogen-bond acceptors (Lipinski definition) is 0. The molecule has 0 radical (unpaired) electrons. The minimum Gasteiger partial charge on any atom is -0.0619 e. The number of rotatable bonds is 2. The van der Waals surface area contributed by atoms with Crippen LogP contribution >= 0.6 is 0 Å². The lowest BCUT2D eigenvalue weighted by Crippen LogP contribution is -2.38. The summed E-state index contributed by atoms with van der Waals surface area (Å²) in [6.07, 6.45) is 10.9. The Balaban J connectivity index is 1.57. The molecule has 108 valence electrons. The average molecular weight is 260 g/mol. The molecule has 7 unspecified atom stereocenters. The molecule has 4 saturated carbocycles. The maximum Gasteiger partial charge on any atom is -0.0241 e. The summed E-state index contributed by atoms with van der Waals surface area (Å²) in [6, 6.07) is 0. The van der Waals surface area contributed by atoms with Crippen molar-refractivity contribution in [2.24, 2.45) is 46.3 Å². The van der Waals surface area contributed by atoms with Crippen LogP contribution in [0.4, 0.5) is 0 Å². The van der Waals surface area contributed by atoms with Crippen LogP contribution in [0.15, 0.2) is 0 Å². The Bertz CT molecular complexity index is 381. The molecule has 0 nitrogen and oxygen atoms in total. The monoisotopic (exact) mass is 260 g/mol. The Labute approximate surface area is 119 Å². The summed E-state index contributed by atoms with van der Waals surface area (Å²) in [5, 5.41) is 0. The van der Waals surface area contributed by atoms with Crippen LogP contribution in [-0.4, -0.2) is 0 Å². The third-order valence-electron chi connectivity index (χ3n) is 8.96. The first kappa shape index (κ1) is 12.7. The molecule has 0 saturated heterocycles. The van der Waals surface area contributed by atoms with Crippen LogP contribution < -0.4 is 0 Å². The molecule has 0 aromatic carbocycles. The van der Waals surface area contributed by atoms with E-state index in [4.69, 9.17) is 0 Å². The fraction of sp³-hybridized carbons (Fsp3) is 1.00. The highest BCUT2D eigenvalue weighted by atomic mass is 14.7. The largest absolute Gasteiger partial charge is 0.0619 e. The average Bonchev–Trinajstić information content (AvgIpc) is 3.08. The molecule has 4 aliphatic carbocycles. The lowest BCUT2D eigenvalue weighted by atomic mass is 9.60. The van der Waals surface area contributed by atoms with Gasteiger partial charge in [0.25, 0.3) is 0 Å². The summed E-state index contributed by atoms with van der Waals surface area (Å²) in [6.45, 7) is 10.4. The molecule has 0 heterocycles. The van der Waals surface area contributed by atoms with Gasteiger partial charge >= 0.3 is 0 Å². The molecule has 4 aliphatic rings. The molecule has 0 spiro atoms. The van der Waals surface area contributed by atoms with E-state index in [1.54, 1.807) is 32.1 Å². The molecule has 0 aromatic rings. The van der Waals surface area contributed by atoms with Gasteiger partial charge in [0, 0.05) is 0 Å². The summed E-state index contributed by atoms with van der Waals surface area (Å²) >= 11 is 0. The Morgan fingerprint density at radius 3 is 2.21 bits per heavy atom. The molecule has 0 aromatic heterocycles. The first-order valence-electron chi connectivity index (χ1n) is 8.93. The van der Waals surface area contributed by atoms with Crippen LogP contribution in [0, 0.1) is 46.3 Å². The van der Waals surface area contributed by atoms with Crippen molar-refractivity contribution in [3.63, 3.8) is 0 Å². The highest BCUT2D eigenvalue weighted by Crippen LogP contribution is 2.71. The van der Waals surface area contributed by atoms with E-state index in [2.05, 4.69) is 27.7 Å². The Kier molecular flexibility index (Phi) is 2.54. The fourth-order valence-corrected chi connectivity index (χ4v) is 7.30. The minimum atomic E-state index is 0.615. The van der Waals surface area contributed by atoms with E-state index in [0.29, 0.717) is 10.8 Å². The second-order valence-corrected chi connectivity index (χ2v) is 9.41. The molecule has 4 bridgehead atoms. The maximum atomic E-state index is 2.65. The van der Waals surface area contributed by atoms with Crippen LogP contribution in [0.5, 0.6) is 0 Å². The number of fused-ring (bicyclic) bond motifs is 4. The lowest BCUT2D eigenvalue weighted by molar-refractivity contribution is 0.0381. The quantitative estimate of drug-likeness (QED) is 0.613. The van der Waals surface area contributed by atoms with E-state index in [0.717, 1.165) is 35.5 Å². The van der Waals surface area contributed by atoms with Gasteiger partial charge in [0.2, 0.25) is 0 Å². The zero-order valence-corrected chi connectivity index (χ0v) is 13.4. The van der Waals surface area contributed by atoms with Crippen molar-refractivity contribution in [2.75, 3.05) is 0 Å². The van der Waals surface area contributed by atoms with Crippen molar-refractivity contribution in [3.8, 4) is 0 Å². The van der Waals surface area contributed by atoms with Gasteiger partial charge in [-0.2, -0.15) is 0 Å². The molecule has 19 heavy (non-hydrogen) atoms. The lowest BCUT2D eigenvalue weighted by Gasteiger charge is -2.45. The zero-order valence-electron chi connectivity index (χ0n) is 13.4. The van der Waals surface area contributed by atoms with Gasteiger partial charge in [-0.3, -0.25) is 0 Å². The second-order valence-electron chi connectivity index (χ2n) is 9.41. The smallest absolute Gasteiger partial charge is 0.0241 e. The SMILES string of the molecule is CC(C1CC2CCC1C2)C1CC2CCC1(C)C2(C)C. The molecular formula is C19H32. The third kappa shape index (κ3) is 1.47. The van der Waals surface area contributed by atoms with Gasteiger partial charge in [-0.1, -0.05) is 34.1 Å². The molecular weight excluding hydrogens is 228 g/mol. The zero-order chi connectivity index (χ0) is 13.4. The van der Waals surface area contributed by atoms with E-state index in [1.807, 2.05) is 0 Å². The van der Waals surface area contributed by atoms with E-state index >= 15 is 0 Å². The summed E-state index contributed by atoms with van der Waals surface area (Å²) in [5.74, 6) is 6.40. The molecule has 4 fully saturated rings. The van der Waals surface area contributed by atoms with Gasteiger partial charge in [-0.15, -0.1) is 0 Å². The summed E-state index contributed by atoms with van der Waals surface area (Å²) < 4.78 is 0. The van der Waals surface area contributed by atoms with Crippen molar-refractivity contribution in [1.29, 1.82) is 0 Å². The Morgan fingerprint density at radius 2 is 1.74 bits per heavy atom. The van der Waals surface area contributed by atoms with Gasteiger partial charge in [-0.25, -0.2) is 0 Å². The van der Waals surface area contributed by atoms with Crippen molar-refractivity contribution < 1.29 is 0 Å². The van der Waals surface area contributed by atoms with Gasteiger partial charge < -0.3 is 0 Å². The standard InChI is InChI=1S/C19H32/c1-12(16-10-13-5-6-14(16)9-13)17-11-15-7-8-19(17,4)18(15,2)3/h12-17H,5-11H2,1-4H3. The minimum absolute atomic E-state index is 0.615. The molecule has 0 amide bonds. The van der Waals surface area contributed by atoms with Crippen LogP contribution in [-0.2, 0) is 0 Å². The van der Waals surface area contributed by atoms with Gasteiger partial charge in [0.15, 0.2) is 0 Å². The predicted octanol–water partition coefficient (Wildman–Crippen LogP) is 5.52. The van der Waals surface area contributed by atoms with E-state index < -0.39 is 0 Å². The summed E-state index contributed by atoms with van der Waals surface area (Å²) in [5.41, 5.74) is 1.27. The van der Waals surface area contributed by atoms with Crippen LogP contribution in [0.25, 0.3) is 0 Å². The normalized spacial score (nSPS) is 55.9. The first-order valence-corrected chi connectivity index (χ1v) is 8.93. The summed E-state index contributed by atoms with van der Waals surface area (Å²) in [7, 11) is 0. The Hall–Kier alpha value is 0. The summed E-state index contributed by atoms with van der Waals surface area (Å²) in [4.78, 5) is 0. The third-order valence-corrected chi connectivity index (χ3v) is 8.96. The van der Waals surface area contributed by atoms with Crippen molar-refractivity contribution >= 4 is 0 Å². The Morgan fingerprint density at radius 1 is 0.947 bits per heavy atom. The second kappa shape index (κ2) is 3.80. The van der Waals surface area contributed by atoms with Crippen LogP contribution in [0.1, 0.15) is 72.6 Å². The van der Waals surface area contributed by atoms with Gasteiger partial charge in [-0.05, 0) is 84.9 Å². The number of hydrogen-bond donors (Lipinski definition) is 0. The predicted molar refractivity (Wildman–Crippen MR) is 80.8 cm³/mol. The van der Waals surface area contributed by atoms with E-state index in [1.165, 1.54) is 12.8 Å². The topological polar surface area (TPSA) is 0 Å². The van der Waals surface area contributed by atoms with Crippen molar-refractivity contribution in [1.82, 2.24) is 0 Å². The fourth-order valence-electron chi connectivity index (χ4n) is 7.30. The molecule has 4 rings (SSSR count). The molecule has 0 aliphatic heterocycles. The van der Waals surface area contributed by atoms with Crippen LogP contribution in [0.2, 0.25) is 0 Å². The van der Waals surface area contributed by atoms with E-state index in [9.17, 15) is 0 Å².